The summed E-state index contributed by atoms with van der Waals surface area (Å²) in [5.41, 5.74) is -0.685. The third-order valence-electron chi connectivity index (χ3n) is 4.76. The van der Waals surface area contributed by atoms with Gasteiger partial charge in [-0.3, -0.25) is 9.69 Å². The molecular weight excluding hydrogens is 304 g/mol. The van der Waals surface area contributed by atoms with E-state index in [1.165, 1.54) is 4.90 Å². The number of hydrogen-bond acceptors (Lipinski definition) is 4. The van der Waals surface area contributed by atoms with Crippen molar-refractivity contribution in [3.63, 3.8) is 0 Å². The van der Waals surface area contributed by atoms with Crippen LogP contribution in [-0.2, 0) is 10.3 Å². The number of nitrogens with one attached hydrogen (secondary N) is 1. The largest absolute Gasteiger partial charge is 0.325 e. The van der Waals surface area contributed by atoms with Gasteiger partial charge >= 0.3 is 6.03 Å². The van der Waals surface area contributed by atoms with Gasteiger partial charge in [0.2, 0.25) is 0 Å². The van der Waals surface area contributed by atoms with Crippen LogP contribution in [0.2, 0.25) is 0 Å². The minimum absolute atomic E-state index is 0.214. The molecule has 0 saturated carbocycles. The van der Waals surface area contributed by atoms with Crippen LogP contribution >= 0.6 is 0 Å². The van der Waals surface area contributed by atoms with Crippen molar-refractivity contribution in [2.75, 3.05) is 6.54 Å². The molecule has 0 radical (unpaired) electrons. The molecule has 2 aliphatic heterocycles. The first-order valence-corrected chi connectivity index (χ1v) is 8.14. The normalized spacial score (nSPS) is 23.9. The van der Waals surface area contributed by atoms with E-state index in [0.717, 1.165) is 5.56 Å². The van der Waals surface area contributed by atoms with E-state index < -0.39 is 11.2 Å². The molecule has 0 aromatic heterocycles. The molecule has 1 aromatic rings. The molecule has 1 N–H and O–H groups in total. The maximum atomic E-state index is 13.0. The van der Waals surface area contributed by atoms with E-state index in [9.17, 15) is 9.59 Å². The van der Waals surface area contributed by atoms with Crippen molar-refractivity contribution < 1.29 is 9.59 Å². The molecule has 1 fully saturated rings. The molecule has 3 rings (SSSR count). The van der Waals surface area contributed by atoms with Gasteiger partial charge in [-0.1, -0.05) is 37.3 Å². The van der Waals surface area contributed by atoms with Crippen molar-refractivity contribution in [1.29, 1.82) is 0 Å². The van der Waals surface area contributed by atoms with Gasteiger partial charge in [0.15, 0.2) is 5.66 Å². The number of terminal acetylenes is 1. The van der Waals surface area contributed by atoms with E-state index in [2.05, 4.69) is 21.5 Å². The van der Waals surface area contributed by atoms with E-state index >= 15 is 0 Å². The Balaban J connectivity index is 1.74. The Morgan fingerprint density at radius 3 is 2.50 bits per heavy atom. The molecule has 1 unspecified atom stereocenters. The zero-order valence-corrected chi connectivity index (χ0v) is 13.7. The lowest BCUT2D eigenvalue weighted by molar-refractivity contribution is -0.131. The smallest absolute Gasteiger partial charge is 0.319 e. The van der Waals surface area contributed by atoms with Gasteiger partial charge in [-0.15, -0.1) is 12.3 Å². The average Bonchev–Trinajstić information content (AvgIpc) is 3.33. The molecule has 6 nitrogen and oxygen atoms in total. The Labute approximate surface area is 141 Å². The van der Waals surface area contributed by atoms with Crippen LogP contribution in [0.25, 0.3) is 0 Å². The van der Waals surface area contributed by atoms with Crippen LogP contribution in [0.3, 0.4) is 0 Å². The molecule has 0 bridgehead atoms. The zero-order valence-electron chi connectivity index (χ0n) is 13.7. The first-order valence-electron chi connectivity index (χ1n) is 8.14. The fourth-order valence-corrected chi connectivity index (χ4v) is 3.15. The summed E-state index contributed by atoms with van der Waals surface area (Å²) in [6, 6.07) is 8.99. The molecule has 124 valence electrons. The lowest BCUT2D eigenvalue weighted by atomic mass is 9.87. The molecule has 2 heterocycles. The molecule has 3 amide bonds. The van der Waals surface area contributed by atoms with Gasteiger partial charge in [-0.05, 0) is 12.0 Å². The first-order chi connectivity index (χ1) is 11.6. The van der Waals surface area contributed by atoms with Crippen molar-refractivity contribution in [3.8, 4) is 12.3 Å². The van der Waals surface area contributed by atoms with Gasteiger partial charge in [0.1, 0.15) is 5.54 Å². The van der Waals surface area contributed by atoms with Crippen LogP contribution in [0.1, 0.15) is 38.2 Å². The number of hydrogen-bond donors (Lipinski definition) is 1. The Morgan fingerprint density at radius 2 is 1.92 bits per heavy atom. The molecule has 1 saturated heterocycles. The maximum absolute atomic E-state index is 13.0. The highest BCUT2D eigenvalue weighted by atomic mass is 16.2. The number of benzene rings is 1. The van der Waals surface area contributed by atoms with E-state index in [0.29, 0.717) is 25.7 Å². The molecule has 2 aliphatic rings. The minimum Gasteiger partial charge on any atom is -0.319 e. The lowest BCUT2D eigenvalue weighted by Gasteiger charge is -2.25. The van der Waals surface area contributed by atoms with Crippen molar-refractivity contribution in [2.45, 2.75) is 43.8 Å². The van der Waals surface area contributed by atoms with E-state index in [1.54, 1.807) is 0 Å². The highest BCUT2D eigenvalue weighted by molar-refractivity contribution is 6.07. The van der Waals surface area contributed by atoms with Crippen LogP contribution in [0.5, 0.6) is 0 Å². The highest BCUT2D eigenvalue weighted by Gasteiger charge is 2.52. The Hall–Kier alpha value is -2.68. The van der Waals surface area contributed by atoms with Gasteiger partial charge in [-0.25, -0.2) is 4.79 Å². The number of rotatable bonds is 7. The number of carbonyl (C=O) groups is 2. The first kappa shape index (κ1) is 16.2. The topological polar surface area (TPSA) is 74.1 Å². The molecule has 1 aromatic carbocycles. The molecule has 0 aliphatic carbocycles. The van der Waals surface area contributed by atoms with Gasteiger partial charge in [0, 0.05) is 25.8 Å². The number of amides is 3. The van der Waals surface area contributed by atoms with Crippen molar-refractivity contribution in [3.05, 3.63) is 35.9 Å². The summed E-state index contributed by atoms with van der Waals surface area (Å²) in [6.07, 6.45) is 7.53. The monoisotopic (exact) mass is 324 g/mol. The molecule has 24 heavy (non-hydrogen) atoms. The van der Waals surface area contributed by atoms with Gasteiger partial charge in [0.25, 0.3) is 5.91 Å². The Bertz CT molecular complexity index is 716. The van der Waals surface area contributed by atoms with Crippen molar-refractivity contribution in [2.24, 2.45) is 10.2 Å². The summed E-state index contributed by atoms with van der Waals surface area (Å²) < 4.78 is 0. The summed E-state index contributed by atoms with van der Waals surface area (Å²) in [6.45, 7) is 2.19. The summed E-state index contributed by atoms with van der Waals surface area (Å²) >= 11 is 0. The predicted molar refractivity (Wildman–Crippen MR) is 88.9 cm³/mol. The van der Waals surface area contributed by atoms with Crippen LogP contribution < -0.4 is 5.32 Å². The van der Waals surface area contributed by atoms with Crippen molar-refractivity contribution in [1.82, 2.24) is 10.2 Å². The van der Waals surface area contributed by atoms with Gasteiger partial charge in [-0.2, -0.15) is 10.2 Å². The second-order valence-corrected chi connectivity index (χ2v) is 6.15. The minimum atomic E-state index is -0.984. The Kier molecular flexibility index (Phi) is 4.10. The molecule has 0 spiro atoms. The molecular formula is C18H20N4O2. The number of urea groups is 1. The summed E-state index contributed by atoms with van der Waals surface area (Å²) in [5, 5.41) is 11.0. The number of imide groups is 1. The number of nitrogens with zero attached hydrogens (tertiary/aromatic N) is 3. The van der Waals surface area contributed by atoms with Gasteiger partial charge in [0.05, 0.1) is 0 Å². The molecule has 6 heteroatoms. The Morgan fingerprint density at radius 1 is 1.21 bits per heavy atom. The van der Waals surface area contributed by atoms with E-state index in [1.807, 2.05) is 37.3 Å². The van der Waals surface area contributed by atoms with Gasteiger partial charge < -0.3 is 5.32 Å². The van der Waals surface area contributed by atoms with Crippen molar-refractivity contribution >= 4 is 11.9 Å². The molecule has 1 atom stereocenters. The predicted octanol–water partition coefficient (Wildman–Crippen LogP) is 2.81. The third-order valence-corrected chi connectivity index (χ3v) is 4.76. The van der Waals surface area contributed by atoms with Crippen LogP contribution in [0, 0.1) is 12.3 Å². The quantitative estimate of drug-likeness (QED) is 0.618. The third kappa shape index (κ3) is 2.67. The summed E-state index contributed by atoms with van der Waals surface area (Å²) in [4.78, 5) is 26.6. The average molecular weight is 324 g/mol. The summed E-state index contributed by atoms with van der Waals surface area (Å²) in [5.74, 6) is 2.36. The van der Waals surface area contributed by atoms with Crippen LogP contribution in [-0.4, -0.2) is 29.0 Å². The van der Waals surface area contributed by atoms with Crippen LogP contribution in [0.4, 0.5) is 4.79 Å². The SMILES string of the molecule is C#CCCC1(CCN2C(=O)NC(CC)(c3ccccc3)C2=O)N=N1. The number of carbonyl (C=O) groups excluding carboxylic acids is 2. The second-order valence-electron chi connectivity index (χ2n) is 6.15. The van der Waals surface area contributed by atoms with E-state index in [-0.39, 0.29) is 18.5 Å². The second kappa shape index (κ2) is 6.08. The standard InChI is InChI=1S/C18H20N4O2/c1-3-5-11-17(20-21-17)12-13-22-15(23)18(4-2,19-16(22)24)14-9-7-6-8-10-14/h1,6-10H,4-5,11-13H2,2H3,(H,19,24). The lowest BCUT2D eigenvalue weighted by Crippen LogP contribution is -2.43. The maximum Gasteiger partial charge on any atom is 0.325 e. The zero-order chi connectivity index (χ0) is 17.2. The van der Waals surface area contributed by atoms with E-state index in [4.69, 9.17) is 6.42 Å². The fourth-order valence-electron chi connectivity index (χ4n) is 3.15. The van der Waals surface area contributed by atoms with Crippen LogP contribution in [0.15, 0.2) is 40.6 Å². The highest BCUT2D eigenvalue weighted by Crippen LogP contribution is 2.38. The fraction of sp³-hybridized carbons (Fsp3) is 0.444. The summed E-state index contributed by atoms with van der Waals surface area (Å²) in [7, 11) is 0.